The normalized spacial score (nSPS) is 10.0. The van der Waals surface area contributed by atoms with Crippen LogP contribution in [-0.2, 0) is 16.0 Å². The second kappa shape index (κ2) is 7.85. The van der Waals surface area contributed by atoms with Gasteiger partial charge in [0.2, 0.25) is 0 Å². The zero-order valence-corrected chi connectivity index (χ0v) is 12.0. The maximum absolute atomic E-state index is 9.00. The molecule has 2 aromatic carbocycles. The molecule has 0 aliphatic heterocycles. The van der Waals surface area contributed by atoms with Crippen LogP contribution in [0, 0.1) is 0 Å². The van der Waals surface area contributed by atoms with E-state index in [1.165, 1.54) is 22.3 Å². The first-order valence-electron chi connectivity index (χ1n) is 6.47. The molecule has 0 amide bonds. The third kappa shape index (κ3) is 5.48. The quantitative estimate of drug-likeness (QED) is 0.664. The van der Waals surface area contributed by atoms with E-state index in [9.17, 15) is 0 Å². The average Bonchev–Trinajstić information content (AvgIpc) is 2.76. The maximum atomic E-state index is 9.00. The largest absolute Gasteiger partial charge is 0.481 e. The van der Waals surface area contributed by atoms with Crippen molar-refractivity contribution in [3.05, 3.63) is 59.7 Å². The van der Waals surface area contributed by atoms with Crippen LogP contribution in [0.5, 0.6) is 0 Å². The molecule has 21 heavy (non-hydrogen) atoms. The lowest BCUT2D eigenvalue weighted by Gasteiger charge is -1.98. The molecule has 0 heterocycles. The molecule has 2 aromatic rings. The standard InChI is InChI=1S/C13H10.2C2H4O2/c1-3-7-12-10(5-1)9-11-6-2-4-8-13(11)12;2*1-2(3)4/h1-8H,9H2;2*1H3,(H,3,4). The average molecular weight is 286 g/mol. The van der Waals surface area contributed by atoms with Crippen LogP contribution in [0.1, 0.15) is 25.0 Å². The van der Waals surface area contributed by atoms with Crippen molar-refractivity contribution in [3.8, 4) is 11.1 Å². The molecule has 0 saturated carbocycles. The molecule has 3 rings (SSSR count). The number of hydrogen-bond acceptors (Lipinski definition) is 2. The fraction of sp³-hybridized carbons (Fsp3) is 0.176. The van der Waals surface area contributed by atoms with Crippen LogP contribution < -0.4 is 0 Å². The molecular weight excluding hydrogens is 268 g/mol. The van der Waals surface area contributed by atoms with E-state index in [2.05, 4.69) is 48.5 Å². The summed E-state index contributed by atoms with van der Waals surface area (Å²) in [5.41, 5.74) is 5.75. The van der Waals surface area contributed by atoms with Crippen molar-refractivity contribution in [1.29, 1.82) is 0 Å². The van der Waals surface area contributed by atoms with Gasteiger partial charge in [0.25, 0.3) is 11.9 Å². The highest BCUT2D eigenvalue weighted by molar-refractivity contribution is 5.76. The molecule has 0 atom stereocenters. The highest BCUT2D eigenvalue weighted by Gasteiger charge is 2.15. The summed E-state index contributed by atoms with van der Waals surface area (Å²) in [6, 6.07) is 17.3. The highest BCUT2D eigenvalue weighted by Crippen LogP contribution is 2.35. The number of fused-ring (bicyclic) bond motifs is 3. The Morgan fingerprint density at radius 2 is 1.05 bits per heavy atom. The Kier molecular flexibility index (Phi) is 6.14. The van der Waals surface area contributed by atoms with Gasteiger partial charge in [0, 0.05) is 13.8 Å². The maximum Gasteiger partial charge on any atom is 0.300 e. The van der Waals surface area contributed by atoms with Crippen molar-refractivity contribution in [1.82, 2.24) is 0 Å². The number of carboxylic acids is 2. The van der Waals surface area contributed by atoms with Gasteiger partial charge in [0.1, 0.15) is 0 Å². The van der Waals surface area contributed by atoms with Gasteiger partial charge in [-0.2, -0.15) is 0 Å². The van der Waals surface area contributed by atoms with Crippen molar-refractivity contribution < 1.29 is 19.8 Å². The Morgan fingerprint density at radius 3 is 1.38 bits per heavy atom. The van der Waals surface area contributed by atoms with Crippen LogP contribution in [-0.4, -0.2) is 22.2 Å². The summed E-state index contributed by atoms with van der Waals surface area (Å²) in [6.07, 6.45) is 1.10. The Bertz CT molecular complexity index is 569. The molecule has 0 radical (unpaired) electrons. The summed E-state index contributed by atoms with van der Waals surface area (Å²) in [6.45, 7) is 2.17. The third-order valence-corrected chi connectivity index (χ3v) is 2.71. The first-order valence-corrected chi connectivity index (χ1v) is 6.47. The van der Waals surface area contributed by atoms with Crippen molar-refractivity contribution in [2.45, 2.75) is 20.3 Å². The van der Waals surface area contributed by atoms with Crippen LogP contribution in [0.3, 0.4) is 0 Å². The minimum absolute atomic E-state index is 0.833. The molecule has 1 aliphatic rings. The molecule has 2 N–H and O–H groups in total. The van der Waals surface area contributed by atoms with Gasteiger partial charge in [-0.05, 0) is 28.7 Å². The number of carbonyl (C=O) groups is 2. The van der Waals surface area contributed by atoms with Crippen LogP contribution in [0.4, 0.5) is 0 Å². The van der Waals surface area contributed by atoms with Crippen molar-refractivity contribution in [2.75, 3.05) is 0 Å². The summed E-state index contributed by atoms with van der Waals surface area (Å²) in [5, 5.41) is 14.8. The molecule has 1 aliphatic carbocycles. The van der Waals surface area contributed by atoms with Gasteiger partial charge >= 0.3 is 0 Å². The van der Waals surface area contributed by atoms with Crippen LogP contribution in [0.15, 0.2) is 48.5 Å². The second-order valence-electron chi connectivity index (χ2n) is 4.53. The van der Waals surface area contributed by atoms with E-state index in [4.69, 9.17) is 19.8 Å². The van der Waals surface area contributed by atoms with E-state index in [0.29, 0.717) is 0 Å². The Balaban J connectivity index is 0.000000234. The van der Waals surface area contributed by atoms with E-state index in [-0.39, 0.29) is 0 Å². The van der Waals surface area contributed by atoms with Gasteiger partial charge in [-0.25, -0.2) is 0 Å². The fourth-order valence-electron chi connectivity index (χ4n) is 2.08. The Morgan fingerprint density at radius 1 is 0.762 bits per heavy atom. The van der Waals surface area contributed by atoms with E-state index in [1.807, 2.05) is 0 Å². The Hall–Kier alpha value is -2.62. The van der Waals surface area contributed by atoms with E-state index in [1.54, 1.807) is 0 Å². The number of aliphatic carboxylic acids is 2. The van der Waals surface area contributed by atoms with Gasteiger partial charge in [0.15, 0.2) is 0 Å². The summed E-state index contributed by atoms with van der Waals surface area (Å²) >= 11 is 0. The van der Waals surface area contributed by atoms with Gasteiger partial charge in [-0.3, -0.25) is 9.59 Å². The predicted octanol–water partition coefficient (Wildman–Crippen LogP) is 3.44. The molecule has 4 heteroatoms. The van der Waals surface area contributed by atoms with Crippen LogP contribution in [0.25, 0.3) is 11.1 Å². The number of carboxylic acid groups (broad SMARTS) is 2. The molecule has 0 fully saturated rings. The topological polar surface area (TPSA) is 74.6 Å². The first-order chi connectivity index (χ1) is 9.91. The minimum Gasteiger partial charge on any atom is -0.481 e. The lowest BCUT2D eigenvalue weighted by molar-refractivity contribution is -0.135. The first kappa shape index (κ1) is 16.4. The fourth-order valence-corrected chi connectivity index (χ4v) is 2.08. The van der Waals surface area contributed by atoms with Gasteiger partial charge < -0.3 is 10.2 Å². The highest BCUT2D eigenvalue weighted by atomic mass is 16.4. The molecule has 0 spiro atoms. The van der Waals surface area contributed by atoms with Crippen molar-refractivity contribution in [3.63, 3.8) is 0 Å². The van der Waals surface area contributed by atoms with Crippen LogP contribution >= 0.6 is 0 Å². The molecule has 0 saturated heterocycles. The summed E-state index contributed by atoms with van der Waals surface area (Å²) in [5.74, 6) is -1.67. The van der Waals surface area contributed by atoms with E-state index < -0.39 is 11.9 Å². The zero-order chi connectivity index (χ0) is 15.8. The molecule has 4 nitrogen and oxygen atoms in total. The van der Waals surface area contributed by atoms with Crippen molar-refractivity contribution in [2.24, 2.45) is 0 Å². The molecule has 110 valence electrons. The van der Waals surface area contributed by atoms with E-state index in [0.717, 1.165) is 20.3 Å². The van der Waals surface area contributed by atoms with Gasteiger partial charge in [-0.15, -0.1) is 0 Å². The summed E-state index contributed by atoms with van der Waals surface area (Å²) in [7, 11) is 0. The molecule has 0 aromatic heterocycles. The van der Waals surface area contributed by atoms with E-state index >= 15 is 0 Å². The van der Waals surface area contributed by atoms with Gasteiger partial charge in [-0.1, -0.05) is 48.5 Å². The lowest BCUT2D eigenvalue weighted by Crippen LogP contribution is -1.78. The van der Waals surface area contributed by atoms with Crippen molar-refractivity contribution >= 4 is 11.9 Å². The summed E-state index contributed by atoms with van der Waals surface area (Å²) < 4.78 is 0. The molecule has 0 bridgehead atoms. The van der Waals surface area contributed by atoms with Gasteiger partial charge in [0.05, 0.1) is 0 Å². The smallest absolute Gasteiger partial charge is 0.300 e. The monoisotopic (exact) mass is 286 g/mol. The number of benzene rings is 2. The van der Waals surface area contributed by atoms with Crippen LogP contribution in [0.2, 0.25) is 0 Å². The predicted molar refractivity (Wildman–Crippen MR) is 81.3 cm³/mol. The molecular formula is C17H18O4. The second-order valence-corrected chi connectivity index (χ2v) is 4.53. The number of rotatable bonds is 0. The third-order valence-electron chi connectivity index (χ3n) is 2.71. The number of hydrogen-bond donors (Lipinski definition) is 2. The Labute approximate surface area is 123 Å². The zero-order valence-electron chi connectivity index (χ0n) is 12.0. The lowest BCUT2D eigenvalue weighted by atomic mass is 10.1. The molecule has 0 unspecified atom stereocenters. The minimum atomic E-state index is -0.833. The SMILES string of the molecule is CC(=O)O.CC(=O)O.c1ccc2c(c1)Cc1ccccc1-2. The summed E-state index contributed by atoms with van der Waals surface area (Å²) in [4.78, 5) is 18.0.